The van der Waals surface area contributed by atoms with Crippen molar-refractivity contribution in [3.8, 4) is 0 Å². The second kappa shape index (κ2) is 9.87. The molecule has 0 aliphatic carbocycles. The van der Waals surface area contributed by atoms with Crippen LogP contribution in [-0.4, -0.2) is 66.1 Å². The first-order valence-electron chi connectivity index (χ1n) is 10.5. The lowest BCUT2D eigenvalue weighted by Gasteiger charge is -2.38. The van der Waals surface area contributed by atoms with Crippen molar-refractivity contribution in [3.05, 3.63) is 64.7 Å². The van der Waals surface area contributed by atoms with E-state index in [0.717, 1.165) is 24.9 Å². The molecule has 1 fully saturated rings. The Morgan fingerprint density at radius 1 is 1.10 bits per heavy atom. The van der Waals surface area contributed by atoms with Crippen molar-refractivity contribution < 1.29 is 14.7 Å². The number of nitrogens with zero attached hydrogens (tertiary/aromatic N) is 2. The van der Waals surface area contributed by atoms with E-state index in [1.807, 2.05) is 44.3 Å². The summed E-state index contributed by atoms with van der Waals surface area (Å²) < 4.78 is 0. The first kappa shape index (κ1) is 22.0. The molecule has 2 aromatic carbocycles. The van der Waals surface area contributed by atoms with Gasteiger partial charge in [-0.15, -0.1) is 0 Å². The molecular weight excluding hydrogens is 378 g/mol. The molecule has 1 unspecified atom stereocenters. The van der Waals surface area contributed by atoms with Crippen LogP contribution in [0.15, 0.2) is 42.5 Å². The van der Waals surface area contributed by atoms with Gasteiger partial charge in [0.25, 0.3) is 11.8 Å². The van der Waals surface area contributed by atoms with Gasteiger partial charge in [0.15, 0.2) is 0 Å². The molecule has 160 valence electrons. The summed E-state index contributed by atoms with van der Waals surface area (Å²) in [4.78, 5) is 29.5. The van der Waals surface area contributed by atoms with Crippen LogP contribution in [-0.2, 0) is 6.42 Å². The number of likely N-dealkylation sites (N-methyl/N-ethyl adjacent to an activating group) is 1. The molecule has 2 amide bonds. The van der Waals surface area contributed by atoms with Gasteiger partial charge in [0.05, 0.1) is 12.6 Å². The lowest BCUT2D eigenvalue weighted by Crippen LogP contribution is -2.54. The van der Waals surface area contributed by atoms with E-state index in [-0.39, 0.29) is 24.5 Å². The Morgan fingerprint density at radius 2 is 1.80 bits per heavy atom. The van der Waals surface area contributed by atoms with Gasteiger partial charge in [-0.2, -0.15) is 0 Å². The van der Waals surface area contributed by atoms with Gasteiger partial charge >= 0.3 is 0 Å². The summed E-state index contributed by atoms with van der Waals surface area (Å²) in [6, 6.07) is 13.0. The smallest absolute Gasteiger partial charge is 0.255 e. The largest absolute Gasteiger partial charge is 0.395 e. The first-order chi connectivity index (χ1) is 14.4. The molecule has 0 saturated carbocycles. The Bertz CT molecular complexity index is 895. The molecule has 0 radical (unpaired) electrons. The highest BCUT2D eigenvalue weighted by Crippen LogP contribution is 2.21. The lowest BCUT2D eigenvalue weighted by atomic mass is 10.1. The Hall–Kier alpha value is -2.70. The van der Waals surface area contributed by atoms with Crippen LogP contribution in [0.3, 0.4) is 0 Å². The van der Waals surface area contributed by atoms with Gasteiger partial charge in [-0.05, 0) is 55.8 Å². The van der Waals surface area contributed by atoms with Crippen LogP contribution in [0, 0.1) is 6.92 Å². The van der Waals surface area contributed by atoms with Crippen LogP contribution in [0.5, 0.6) is 0 Å². The highest BCUT2D eigenvalue weighted by Gasteiger charge is 2.27. The van der Waals surface area contributed by atoms with Crippen molar-refractivity contribution in [3.63, 3.8) is 0 Å². The zero-order chi connectivity index (χ0) is 21.7. The fourth-order valence-corrected chi connectivity index (χ4v) is 3.71. The summed E-state index contributed by atoms with van der Waals surface area (Å²) in [6.45, 7) is 5.89. The first-order valence-corrected chi connectivity index (χ1v) is 10.5. The minimum Gasteiger partial charge on any atom is -0.395 e. The maximum absolute atomic E-state index is 13.0. The minimum absolute atomic E-state index is 0.0204. The van der Waals surface area contributed by atoms with Crippen molar-refractivity contribution in [2.75, 3.05) is 38.6 Å². The maximum Gasteiger partial charge on any atom is 0.255 e. The van der Waals surface area contributed by atoms with E-state index in [1.54, 1.807) is 17.0 Å². The Balaban J connectivity index is 1.73. The van der Waals surface area contributed by atoms with Crippen LogP contribution in [0.1, 0.15) is 45.2 Å². The molecule has 1 saturated heterocycles. The van der Waals surface area contributed by atoms with Crippen LogP contribution in [0.2, 0.25) is 0 Å². The average molecular weight is 410 g/mol. The fourth-order valence-electron chi connectivity index (χ4n) is 3.71. The zero-order valence-corrected chi connectivity index (χ0v) is 18.0. The van der Waals surface area contributed by atoms with E-state index < -0.39 is 0 Å². The third kappa shape index (κ3) is 5.07. The van der Waals surface area contributed by atoms with Crippen molar-refractivity contribution in [2.45, 2.75) is 32.7 Å². The summed E-state index contributed by atoms with van der Waals surface area (Å²) in [5.41, 5.74) is 3.88. The number of amides is 2. The van der Waals surface area contributed by atoms with Crippen molar-refractivity contribution in [2.24, 2.45) is 0 Å². The second-order valence-electron chi connectivity index (χ2n) is 8.00. The standard InChI is InChI=1S/C24H31N3O3/c1-4-5-18-7-10-19(11-8-18)23(29)25-22-14-20(9-6-17(22)2)24(30)27-13-12-26(3)21(15-27)16-28/h6-11,14,21,28H,4-5,12-13,15-16H2,1-3H3,(H,25,29). The number of benzene rings is 2. The minimum atomic E-state index is -0.189. The molecule has 6 heteroatoms. The number of hydrogen-bond acceptors (Lipinski definition) is 4. The van der Waals surface area contributed by atoms with Gasteiger partial charge in [-0.25, -0.2) is 0 Å². The van der Waals surface area contributed by atoms with Gasteiger partial charge in [0.2, 0.25) is 0 Å². The molecule has 3 rings (SSSR count). The van der Waals surface area contributed by atoms with Crippen molar-refractivity contribution in [1.29, 1.82) is 0 Å². The van der Waals surface area contributed by atoms with Gasteiger partial charge in [-0.1, -0.05) is 31.5 Å². The number of piperazine rings is 1. The predicted octanol–water partition coefficient (Wildman–Crippen LogP) is 2.95. The van der Waals surface area contributed by atoms with E-state index >= 15 is 0 Å². The molecule has 30 heavy (non-hydrogen) atoms. The molecular formula is C24H31N3O3. The van der Waals surface area contributed by atoms with Crippen LogP contribution in [0.4, 0.5) is 5.69 Å². The van der Waals surface area contributed by atoms with Gasteiger partial charge in [0, 0.05) is 36.4 Å². The number of nitrogens with one attached hydrogen (secondary N) is 1. The molecule has 2 N–H and O–H groups in total. The third-order valence-electron chi connectivity index (χ3n) is 5.76. The average Bonchev–Trinajstić information content (AvgIpc) is 2.76. The van der Waals surface area contributed by atoms with Crippen LogP contribution >= 0.6 is 0 Å². The van der Waals surface area contributed by atoms with Crippen LogP contribution < -0.4 is 5.32 Å². The molecule has 6 nitrogen and oxygen atoms in total. The Morgan fingerprint density at radius 3 is 2.47 bits per heavy atom. The van der Waals surface area contributed by atoms with E-state index in [1.165, 1.54) is 5.56 Å². The number of aliphatic hydroxyl groups is 1. The monoisotopic (exact) mass is 409 g/mol. The summed E-state index contributed by atoms with van der Waals surface area (Å²) in [7, 11) is 1.96. The summed E-state index contributed by atoms with van der Waals surface area (Å²) >= 11 is 0. The second-order valence-corrected chi connectivity index (χ2v) is 8.00. The Labute approximate surface area is 178 Å². The molecule has 1 aliphatic heterocycles. The van der Waals surface area contributed by atoms with E-state index in [2.05, 4.69) is 17.1 Å². The molecule has 0 aromatic heterocycles. The molecule has 2 aromatic rings. The van der Waals surface area contributed by atoms with Crippen molar-refractivity contribution in [1.82, 2.24) is 9.80 Å². The highest BCUT2D eigenvalue weighted by atomic mass is 16.3. The van der Waals surface area contributed by atoms with Gasteiger partial charge < -0.3 is 15.3 Å². The maximum atomic E-state index is 13.0. The molecule has 0 bridgehead atoms. The van der Waals surface area contributed by atoms with E-state index in [9.17, 15) is 14.7 Å². The summed E-state index contributed by atoms with van der Waals surface area (Å²) in [5, 5.41) is 12.5. The number of hydrogen-bond donors (Lipinski definition) is 2. The molecule has 0 spiro atoms. The number of carbonyl (C=O) groups is 2. The Kier molecular flexibility index (Phi) is 7.24. The predicted molar refractivity (Wildman–Crippen MR) is 119 cm³/mol. The van der Waals surface area contributed by atoms with E-state index in [4.69, 9.17) is 0 Å². The van der Waals surface area contributed by atoms with Gasteiger partial charge in [0.1, 0.15) is 0 Å². The number of rotatable bonds is 6. The number of anilines is 1. The molecule has 1 atom stereocenters. The summed E-state index contributed by atoms with van der Waals surface area (Å²) in [6.07, 6.45) is 2.06. The molecule has 1 aliphatic rings. The number of carbonyl (C=O) groups excluding carboxylic acids is 2. The quantitative estimate of drug-likeness (QED) is 0.769. The molecule has 1 heterocycles. The van der Waals surface area contributed by atoms with E-state index in [0.29, 0.717) is 29.9 Å². The number of aryl methyl sites for hydroxylation is 2. The SMILES string of the molecule is CCCc1ccc(C(=O)Nc2cc(C(=O)N3CCN(C)C(CO)C3)ccc2C)cc1. The van der Waals surface area contributed by atoms with Gasteiger partial charge in [-0.3, -0.25) is 14.5 Å². The lowest BCUT2D eigenvalue weighted by molar-refractivity contribution is 0.0421. The number of aliphatic hydroxyl groups excluding tert-OH is 1. The fraction of sp³-hybridized carbons (Fsp3) is 0.417. The summed E-state index contributed by atoms with van der Waals surface area (Å²) in [5.74, 6) is -0.272. The van der Waals surface area contributed by atoms with Crippen LogP contribution in [0.25, 0.3) is 0 Å². The topological polar surface area (TPSA) is 72.9 Å². The zero-order valence-electron chi connectivity index (χ0n) is 18.0. The normalized spacial score (nSPS) is 17.1. The van der Waals surface area contributed by atoms with Crippen molar-refractivity contribution >= 4 is 17.5 Å². The third-order valence-corrected chi connectivity index (χ3v) is 5.76. The highest BCUT2D eigenvalue weighted by molar-refractivity contribution is 6.05.